The third-order valence-corrected chi connectivity index (χ3v) is 4.28. The molecular weight excluding hydrogens is 345 g/mol. The summed E-state index contributed by atoms with van der Waals surface area (Å²) in [5.74, 6) is -0.254. The number of carbonyl (C=O) groups excluding carboxylic acids is 1. The fraction of sp³-hybridized carbons (Fsp3) is 0.111. The molecule has 1 N–H and O–H groups in total. The van der Waals surface area contributed by atoms with E-state index in [9.17, 15) is 4.79 Å². The molecule has 4 nitrogen and oxygen atoms in total. The lowest BCUT2D eigenvalue weighted by molar-refractivity contribution is 0.102. The van der Waals surface area contributed by atoms with E-state index in [2.05, 4.69) is 22.5 Å². The van der Waals surface area contributed by atoms with Crippen LogP contribution in [-0.2, 0) is 13.0 Å². The molecule has 0 saturated heterocycles. The normalized spacial score (nSPS) is 10.6. The van der Waals surface area contributed by atoms with Crippen LogP contribution in [0.15, 0.2) is 60.9 Å². The van der Waals surface area contributed by atoms with Crippen molar-refractivity contribution in [3.05, 3.63) is 82.1 Å². The summed E-state index contributed by atoms with van der Waals surface area (Å²) in [4.78, 5) is 12.2. The average Bonchev–Trinajstić information content (AvgIpc) is 3.04. The largest absolute Gasteiger partial charge is 0.319 e. The smallest absolute Gasteiger partial charge is 0.255 e. The van der Waals surface area contributed by atoms with E-state index in [0.29, 0.717) is 21.3 Å². The summed E-state index contributed by atoms with van der Waals surface area (Å²) in [7, 11) is 0. The number of nitrogens with zero attached hydrogens (tertiary/aromatic N) is 2. The van der Waals surface area contributed by atoms with E-state index < -0.39 is 0 Å². The SMILES string of the molecule is O=C(Nc1cnn(CCc2ccccc2)c1)c1ccc(Cl)c(Cl)c1. The number of rotatable bonds is 5. The Morgan fingerprint density at radius 3 is 2.62 bits per heavy atom. The number of aromatic nitrogens is 2. The van der Waals surface area contributed by atoms with Gasteiger partial charge in [-0.05, 0) is 30.2 Å². The maximum absolute atomic E-state index is 12.2. The third-order valence-electron chi connectivity index (χ3n) is 3.55. The minimum Gasteiger partial charge on any atom is -0.319 e. The lowest BCUT2D eigenvalue weighted by atomic mass is 10.1. The van der Waals surface area contributed by atoms with Gasteiger partial charge in [0.15, 0.2) is 0 Å². The van der Waals surface area contributed by atoms with Gasteiger partial charge in [-0.15, -0.1) is 0 Å². The molecule has 2 aromatic carbocycles. The van der Waals surface area contributed by atoms with Crippen molar-refractivity contribution in [2.45, 2.75) is 13.0 Å². The second kappa shape index (κ2) is 7.51. The predicted octanol–water partition coefficient (Wildman–Crippen LogP) is 4.68. The van der Waals surface area contributed by atoms with Crippen LogP contribution in [0.25, 0.3) is 0 Å². The lowest BCUT2D eigenvalue weighted by Gasteiger charge is -2.04. The van der Waals surface area contributed by atoms with Gasteiger partial charge in [0, 0.05) is 18.3 Å². The molecule has 0 bridgehead atoms. The highest BCUT2D eigenvalue weighted by Crippen LogP contribution is 2.23. The number of carbonyl (C=O) groups is 1. The van der Waals surface area contributed by atoms with Crippen molar-refractivity contribution in [1.29, 1.82) is 0 Å². The van der Waals surface area contributed by atoms with Crippen molar-refractivity contribution < 1.29 is 4.79 Å². The van der Waals surface area contributed by atoms with Crippen LogP contribution in [0.2, 0.25) is 10.0 Å². The molecule has 1 aromatic heterocycles. The number of halogens is 2. The molecule has 3 rings (SSSR count). The van der Waals surface area contributed by atoms with Crippen LogP contribution in [0.5, 0.6) is 0 Å². The van der Waals surface area contributed by atoms with Gasteiger partial charge in [0.1, 0.15) is 0 Å². The first kappa shape index (κ1) is 16.6. The van der Waals surface area contributed by atoms with Crippen LogP contribution in [0.3, 0.4) is 0 Å². The number of nitrogens with one attached hydrogen (secondary N) is 1. The van der Waals surface area contributed by atoms with Crippen molar-refractivity contribution in [1.82, 2.24) is 9.78 Å². The molecule has 24 heavy (non-hydrogen) atoms. The van der Waals surface area contributed by atoms with Gasteiger partial charge < -0.3 is 5.32 Å². The molecule has 0 atom stereocenters. The average molecular weight is 360 g/mol. The maximum Gasteiger partial charge on any atom is 0.255 e. The van der Waals surface area contributed by atoms with E-state index >= 15 is 0 Å². The molecule has 0 unspecified atom stereocenters. The number of benzene rings is 2. The summed E-state index contributed by atoms with van der Waals surface area (Å²) >= 11 is 11.8. The Morgan fingerprint density at radius 1 is 1.08 bits per heavy atom. The Morgan fingerprint density at radius 2 is 1.88 bits per heavy atom. The van der Waals surface area contributed by atoms with Crippen molar-refractivity contribution in [3.63, 3.8) is 0 Å². The predicted molar refractivity (Wildman–Crippen MR) is 96.8 cm³/mol. The molecule has 0 aliphatic heterocycles. The van der Waals surface area contributed by atoms with Gasteiger partial charge >= 0.3 is 0 Å². The molecule has 6 heteroatoms. The Kier molecular flexibility index (Phi) is 5.18. The van der Waals surface area contributed by atoms with E-state index in [-0.39, 0.29) is 5.91 Å². The van der Waals surface area contributed by atoms with Gasteiger partial charge in [-0.25, -0.2) is 0 Å². The Labute approximate surface area is 150 Å². The quantitative estimate of drug-likeness (QED) is 0.718. The highest BCUT2D eigenvalue weighted by Gasteiger charge is 2.09. The van der Waals surface area contributed by atoms with Crippen LogP contribution in [-0.4, -0.2) is 15.7 Å². The van der Waals surface area contributed by atoms with Gasteiger partial charge in [0.05, 0.1) is 21.9 Å². The Balaban J connectivity index is 1.61. The summed E-state index contributed by atoms with van der Waals surface area (Å²) in [6.07, 6.45) is 4.31. The van der Waals surface area contributed by atoms with Gasteiger partial charge in [0.2, 0.25) is 0 Å². The highest BCUT2D eigenvalue weighted by molar-refractivity contribution is 6.42. The van der Waals surface area contributed by atoms with Crippen molar-refractivity contribution >= 4 is 34.8 Å². The Hall–Kier alpha value is -2.30. The summed E-state index contributed by atoms with van der Waals surface area (Å²) < 4.78 is 1.80. The number of anilines is 1. The first-order valence-corrected chi connectivity index (χ1v) is 8.20. The minimum absolute atomic E-state index is 0.254. The van der Waals surface area contributed by atoms with E-state index in [1.807, 2.05) is 18.2 Å². The number of hydrogen-bond acceptors (Lipinski definition) is 2. The standard InChI is InChI=1S/C18H15Cl2N3O/c19-16-7-6-14(10-17(16)20)18(24)22-15-11-21-23(12-15)9-8-13-4-2-1-3-5-13/h1-7,10-12H,8-9H2,(H,22,24). The topological polar surface area (TPSA) is 46.9 Å². The molecular formula is C18H15Cl2N3O. The summed E-state index contributed by atoms with van der Waals surface area (Å²) in [6.45, 7) is 0.743. The summed E-state index contributed by atoms with van der Waals surface area (Å²) in [6, 6.07) is 15.0. The van der Waals surface area contributed by atoms with Crippen molar-refractivity contribution in [2.75, 3.05) is 5.32 Å². The number of hydrogen-bond donors (Lipinski definition) is 1. The van der Waals surface area contributed by atoms with E-state index in [1.165, 1.54) is 5.56 Å². The van der Waals surface area contributed by atoms with Crippen LogP contribution >= 0.6 is 23.2 Å². The third kappa shape index (κ3) is 4.16. The second-order valence-corrected chi connectivity index (χ2v) is 6.13. The summed E-state index contributed by atoms with van der Waals surface area (Å²) in [5.41, 5.74) is 2.33. The molecule has 1 heterocycles. The van der Waals surface area contributed by atoms with Crippen LogP contribution in [0.4, 0.5) is 5.69 Å². The van der Waals surface area contributed by atoms with Gasteiger partial charge in [-0.3, -0.25) is 9.48 Å². The second-order valence-electron chi connectivity index (χ2n) is 5.31. The fourth-order valence-electron chi connectivity index (χ4n) is 2.28. The fourth-order valence-corrected chi connectivity index (χ4v) is 2.58. The van der Waals surface area contributed by atoms with Crippen LogP contribution in [0, 0.1) is 0 Å². The lowest BCUT2D eigenvalue weighted by Crippen LogP contribution is -2.11. The van der Waals surface area contributed by atoms with Gasteiger partial charge in [0.25, 0.3) is 5.91 Å². The minimum atomic E-state index is -0.254. The maximum atomic E-state index is 12.2. The van der Waals surface area contributed by atoms with Crippen molar-refractivity contribution in [2.24, 2.45) is 0 Å². The molecule has 0 fully saturated rings. The highest BCUT2D eigenvalue weighted by atomic mass is 35.5. The first-order chi connectivity index (χ1) is 11.6. The van der Waals surface area contributed by atoms with E-state index in [0.717, 1.165) is 13.0 Å². The zero-order chi connectivity index (χ0) is 16.9. The van der Waals surface area contributed by atoms with E-state index in [1.54, 1.807) is 35.3 Å². The molecule has 0 saturated carbocycles. The monoisotopic (exact) mass is 359 g/mol. The van der Waals surface area contributed by atoms with Gasteiger partial charge in [-0.1, -0.05) is 53.5 Å². The molecule has 0 aliphatic carbocycles. The number of aryl methyl sites for hydroxylation is 2. The molecule has 0 radical (unpaired) electrons. The van der Waals surface area contributed by atoms with Gasteiger partial charge in [-0.2, -0.15) is 5.10 Å². The zero-order valence-electron chi connectivity index (χ0n) is 12.7. The molecule has 0 aliphatic rings. The van der Waals surface area contributed by atoms with E-state index in [4.69, 9.17) is 23.2 Å². The van der Waals surface area contributed by atoms with Crippen LogP contribution < -0.4 is 5.32 Å². The van der Waals surface area contributed by atoms with Crippen molar-refractivity contribution in [3.8, 4) is 0 Å². The molecule has 3 aromatic rings. The number of amides is 1. The first-order valence-electron chi connectivity index (χ1n) is 7.44. The van der Waals surface area contributed by atoms with Crippen LogP contribution in [0.1, 0.15) is 15.9 Å². The summed E-state index contributed by atoms with van der Waals surface area (Å²) in [5, 5.41) is 7.83. The molecule has 1 amide bonds. The molecule has 122 valence electrons. The Bertz CT molecular complexity index is 846. The molecule has 0 spiro atoms. The zero-order valence-corrected chi connectivity index (χ0v) is 14.3.